The fourth-order valence-electron chi connectivity index (χ4n) is 5.14. The average Bonchev–Trinajstić information content (AvgIpc) is 3.47. The quantitative estimate of drug-likeness (QED) is 0.154. The molecule has 0 bridgehead atoms. The minimum atomic E-state index is -1.50. The van der Waals surface area contributed by atoms with Gasteiger partial charge in [0.1, 0.15) is 19.2 Å². The van der Waals surface area contributed by atoms with Crippen LogP contribution in [-0.2, 0) is 0 Å². The summed E-state index contributed by atoms with van der Waals surface area (Å²) in [7, 11) is -1.50. The van der Waals surface area contributed by atoms with Crippen molar-refractivity contribution in [1.82, 2.24) is 0 Å². The molecule has 0 fully saturated rings. The van der Waals surface area contributed by atoms with Crippen molar-refractivity contribution in [3.05, 3.63) is 72.7 Å². The van der Waals surface area contributed by atoms with Gasteiger partial charge in [-0.15, -0.1) is 5.54 Å². The van der Waals surface area contributed by atoms with Crippen LogP contribution in [0.3, 0.4) is 0 Å². The Morgan fingerprint density at radius 1 is 0.636 bits per heavy atom. The number of hydrogen-bond donors (Lipinski definition) is 0. The highest BCUT2D eigenvalue weighted by atomic mass is 28.3. The molecule has 2 aromatic heterocycles. The molecule has 0 atom stereocenters. The Balaban J connectivity index is 1.54. The first-order valence-corrected chi connectivity index (χ1v) is 14.5. The van der Waals surface area contributed by atoms with Crippen LogP contribution in [0.4, 0.5) is 0 Å². The Hall–Kier alpha value is -3.48. The predicted octanol–water partition coefficient (Wildman–Crippen LogP) is 9.04. The minimum absolute atomic E-state index is 0.780. The van der Waals surface area contributed by atoms with Gasteiger partial charge >= 0.3 is 0 Å². The molecule has 0 aliphatic carbocycles. The predicted molar refractivity (Wildman–Crippen MR) is 143 cm³/mol. The zero-order valence-electron chi connectivity index (χ0n) is 19.3. The van der Waals surface area contributed by atoms with Crippen LogP contribution < -0.4 is 0 Å². The summed E-state index contributed by atoms with van der Waals surface area (Å²) in [5.74, 6) is 4.17. The normalized spacial score (nSPS) is 12.2. The van der Waals surface area contributed by atoms with Crippen molar-refractivity contribution in [1.29, 1.82) is 0 Å². The minimum Gasteiger partial charge on any atom is -0.464 e. The van der Waals surface area contributed by atoms with E-state index in [9.17, 15) is 0 Å². The van der Waals surface area contributed by atoms with Gasteiger partial charge in [0.05, 0.1) is 6.26 Å². The summed E-state index contributed by atoms with van der Waals surface area (Å²) in [6.07, 6.45) is 1.75. The van der Waals surface area contributed by atoms with E-state index in [4.69, 9.17) is 8.83 Å². The Bertz CT molecular complexity index is 1730. The van der Waals surface area contributed by atoms with E-state index < -0.39 is 8.07 Å². The molecule has 0 spiro atoms. The van der Waals surface area contributed by atoms with Crippen LogP contribution in [0.15, 0.2) is 75.8 Å². The van der Waals surface area contributed by atoms with Crippen LogP contribution >= 0.6 is 0 Å². The molecule has 6 aromatic rings. The molecule has 0 amide bonds. The molecule has 2 nitrogen and oxygen atoms in total. The van der Waals surface area contributed by atoms with Gasteiger partial charge in [-0.1, -0.05) is 45.0 Å². The van der Waals surface area contributed by atoms with Crippen molar-refractivity contribution >= 4 is 62.3 Å². The topological polar surface area (TPSA) is 26.3 Å². The lowest BCUT2D eigenvalue weighted by Gasteiger charge is -2.19. The van der Waals surface area contributed by atoms with Gasteiger partial charge in [0.25, 0.3) is 0 Å². The third kappa shape index (κ3) is 3.17. The molecule has 162 valence electrons. The largest absolute Gasteiger partial charge is 0.464 e. The molecule has 0 aliphatic rings. The zero-order chi connectivity index (χ0) is 22.6. The second kappa shape index (κ2) is 7.54. The van der Waals surface area contributed by atoms with Crippen molar-refractivity contribution in [3.8, 4) is 11.5 Å². The van der Waals surface area contributed by atoms with Gasteiger partial charge in [0.2, 0.25) is 0 Å². The number of hydrogen-bond acceptors (Lipinski definition) is 2. The molecular weight excluding hydrogens is 420 g/mol. The van der Waals surface area contributed by atoms with Crippen LogP contribution in [0.25, 0.3) is 54.3 Å². The summed E-state index contributed by atoms with van der Waals surface area (Å²) in [4.78, 5) is 0. The molecule has 0 radical (unpaired) electrons. The molecule has 0 saturated heterocycles. The van der Waals surface area contributed by atoms with Gasteiger partial charge in [-0.25, -0.2) is 0 Å². The molecule has 6 rings (SSSR count). The van der Waals surface area contributed by atoms with Crippen LogP contribution in [0.5, 0.6) is 0 Å². The fourth-order valence-corrected chi connectivity index (χ4v) is 7.56. The SMILES string of the molecule is CC[Si](C#Cc1cc2cc3ccc4c5cc6occc6cc5ccc4c3cc2o1)(CC)CC. The first-order chi connectivity index (χ1) is 16.1. The van der Waals surface area contributed by atoms with E-state index >= 15 is 0 Å². The summed E-state index contributed by atoms with van der Waals surface area (Å²) in [6.45, 7) is 6.85. The Morgan fingerprint density at radius 3 is 1.94 bits per heavy atom. The molecule has 0 saturated carbocycles. The van der Waals surface area contributed by atoms with Crippen LogP contribution in [-0.4, -0.2) is 8.07 Å². The average molecular weight is 447 g/mol. The molecule has 0 N–H and O–H groups in total. The molecule has 3 heteroatoms. The first kappa shape index (κ1) is 20.1. The van der Waals surface area contributed by atoms with E-state index in [0.29, 0.717) is 0 Å². The van der Waals surface area contributed by atoms with Gasteiger partial charge in [-0.05, 0) is 86.7 Å². The van der Waals surface area contributed by atoms with Gasteiger partial charge in [-0.2, -0.15) is 0 Å². The maximum absolute atomic E-state index is 6.22. The van der Waals surface area contributed by atoms with Gasteiger partial charge in [0.15, 0.2) is 5.76 Å². The maximum atomic E-state index is 6.22. The third-order valence-electron chi connectivity index (χ3n) is 7.52. The van der Waals surface area contributed by atoms with Gasteiger partial charge in [-0.3, -0.25) is 0 Å². The summed E-state index contributed by atoms with van der Waals surface area (Å²) in [5, 5.41) is 9.56. The van der Waals surface area contributed by atoms with Crippen molar-refractivity contribution in [2.75, 3.05) is 0 Å². The maximum Gasteiger partial charge on any atom is 0.177 e. The van der Waals surface area contributed by atoms with Gasteiger partial charge < -0.3 is 8.83 Å². The number of furan rings is 2. The summed E-state index contributed by atoms with van der Waals surface area (Å²) in [6, 6.07) is 25.3. The lowest BCUT2D eigenvalue weighted by molar-refractivity contribution is 0.602. The number of benzene rings is 4. The monoisotopic (exact) mass is 446 g/mol. The van der Waals surface area contributed by atoms with Gasteiger partial charge in [0, 0.05) is 16.8 Å². The molecular formula is C30H26O2Si. The zero-order valence-corrected chi connectivity index (χ0v) is 20.3. The van der Waals surface area contributed by atoms with E-state index in [0.717, 1.165) is 27.7 Å². The number of rotatable bonds is 3. The fraction of sp³-hybridized carbons (Fsp3) is 0.200. The van der Waals surface area contributed by atoms with E-state index in [-0.39, 0.29) is 0 Å². The van der Waals surface area contributed by atoms with Crippen LogP contribution in [0.1, 0.15) is 26.5 Å². The van der Waals surface area contributed by atoms with Crippen LogP contribution in [0, 0.1) is 11.5 Å². The van der Waals surface area contributed by atoms with E-state index in [1.54, 1.807) is 6.26 Å². The highest BCUT2D eigenvalue weighted by Crippen LogP contribution is 2.36. The van der Waals surface area contributed by atoms with Crippen molar-refractivity contribution in [3.63, 3.8) is 0 Å². The van der Waals surface area contributed by atoms with Crippen molar-refractivity contribution < 1.29 is 8.83 Å². The van der Waals surface area contributed by atoms with Crippen molar-refractivity contribution in [2.45, 2.75) is 38.9 Å². The summed E-state index contributed by atoms with van der Waals surface area (Å²) < 4.78 is 11.9. The van der Waals surface area contributed by atoms with Crippen molar-refractivity contribution in [2.24, 2.45) is 0 Å². The molecule has 4 aromatic carbocycles. The standard InChI is InChI=1S/C30H26O2Si/c1-4-33(5-2,6-3)14-12-24-17-23-16-21-8-10-25-26(28(21)19-30(23)32-24)9-7-20-15-22-11-13-31-29(22)18-27(20)25/h7-11,13,15-19H,4-6H2,1-3H3. The molecule has 2 heterocycles. The lowest BCUT2D eigenvalue weighted by Crippen LogP contribution is -2.29. The second-order valence-electron chi connectivity index (χ2n) is 9.07. The second-order valence-corrected chi connectivity index (χ2v) is 14.0. The highest BCUT2D eigenvalue weighted by Gasteiger charge is 2.24. The molecule has 0 unspecified atom stereocenters. The molecule has 33 heavy (non-hydrogen) atoms. The smallest absolute Gasteiger partial charge is 0.177 e. The first-order valence-electron chi connectivity index (χ1n) is 11.9. The lowest BCUT2D eigenvalue weighted by atomic mass is 9.96. The Labute approximate surface area is 194 Å². The highest BCUT2D eigenvalue weighted by molar-refractivity contribution is 6.87. The van der Waals surface area contributed by atoms with E-state index in [1.807, 2.05) is 6.07 Å². The Kier molecular flexibility index (Phi) is 4.60. The third-order valence-corrected chi connectivity index (χ3v) is 12.2. The van der Waals surface area contributed by atoms with E-state index in [2.05, 4.69) is 86.8 Å². The molecule has 0 aliphatic heterocycles. The summed E-state index contributed by atoms with van der Waals surface area (Å²) in [5.41, 5.74) is 5.47. The van der Waals surface area contributed by atoms with Crippen LogP contribution in [0.2, 0.25) is 18.1 Å². The van der Waals surface area contributed by atoms with E-state index in [1.165, 1.54) is 50.4 Å². The Morgan fingerprint density at radius 2 is 1.27 bits per heavy atom. The summed E-state index contributed by atoms with van der Waals surface area (Å²) >= 11 is 0. The number of fused-ring (bicyclic) bond motifs is 7.